The Bertz CT molecular complexity index is 1100. The number of halogens is 2. The van der Waals surface area contributed by atoms with E-state index in [0.717, 1.165) is 11.1 Å². The normalized spacial score (nSPS) is 17.9. The molecule has 5 nitrogen and oxygen atoms in total. The summed E-state index contributed by atoms with van der Waals surface area (Å²) in [6, 6.07) is 17.1. The van der Waals surface area contributed by atoms with Crippen molar-refractivity contribution >= 4 is 40.7 Å². The van der Waals surface area contributed by atoms with Gasteiger partial charge in [0, 0.05) is 5.56 Å². The molecule has 1 unspecified atom stereocenters. The summed E-state index contributed by atoms with van der Waals surface area (Å²) in [6.07, 6.45) is 1.95. The van der Waals surface area contributed by atoms with Crippen LogP contribution in [0.1, 0.15) is 11.3 Å². The first-order valence-corrected chi connectivity index (χ1v) is 10.0. The van der Waals surface area contributed by atoms with Crippen LogP contribution in [0.3, 0.4) is 0 Å². The van der Waals surface area contributed by atoms with E-state index in [1.54, 1.807) is 30.3 Å². The Kier molecular flexibility index (Phi) is 5.78. The molecule has 2 aromatic carbocycles. The molecule has 0 saturated carbocycles. The number of nitrogens with zero attached hydrogens (tertiary/aromatic N) is 2. The van der Waals surface area contributed by atoms with Gasteiger partial charge in [0.1, 0.15) is 17.3 Å². The van der Waals surface area contributed by atoms with Gasteiger partial charge < -0.3 is 9.73 Å². The fourth-order valence-electron chi connectivity index (χ4n) is 2.79. The Labute approximate surface area is 175 Å². The van der Waals surface area contributed by atoms with E-state index in [1.807, 2.05) is 18.2 Å². The summed E-state index contributed by atoms with van der Waals surface area (Å²) in [5.74, 6) is 0.700. The van der Waals surface area contributed by atoms with Crippen LogP contribution in [0.4, 0.5) is 4.39 Å². The third-order valence-electron chi connectivity index (χ3n) is 4.21. The molecule has 0 aliphatic carbocycles. The number of carbonyl (C=O) groups is 1. The van der Waals surface area contributed by atoms with Gasteiger partial charge in [0.25, 0.3) is 0 Å². The monoisotopic (exact) mass is 427 g/mol. The van der Waals surface area contributed by atoms with Crippen molar-refractivity contribution in [1.82, 2.24) is 5.32 Å². The van der Waals surface area contributed by atoms with Crippen LogP contribution < -0.4 is 5.32 Å². The van der Waals surface area contributed by atoms with Crippen LogP contribution in [0.15, 0.2) is 75.3 Å². The van der Waals surface area contributed by atoms with E-state index in [4.69, 9.17) is 16.0 Å². The maximum atomic E-state index is 13.0. The third kappa shape index (κ3) is 4.75. The molecule has 8 heteroatoms. The molecule has 1 atom stereocenters. The minimum Gasteiger partial charge on any atom is -0.455 e. The van der Waals surface area contributed by atoms with Crippen LogP contribution in [0.25, 0.3) is 11.3 Å². The van der Waals surface area contributed by atoms with Crippen LogP contribution in [0.5, 0.6) is 0 Å². The number of nitrogens with one attached hydrogen (secondary N) is 1. The zero-order chi connectivity index (χ0) is 20.2. The molecule has 1 saturated heterocycles. The van der Waals surface area contributed by atoms with E-state index in [1.165, 1.54) is 30.1 Å². The Morgan fingerprint density at radius 2 is 1.93 bits per heavy atom. The van der Waals surface area contributed by atoms with Gasteiger partial charge in [-0.1, -0.05) is 47.6 Å². The minimum atomic E-state index is -0.329. The summed E-state index contributed by atoms with van der Waals surface area (Å²) in [5.41, 5.74) is 1.67. The molecule has 0 spiro atoms. The van der Waals surface area contributed by atoms with Crippen LogP contribution in [0.2, 0.25) is 5.02 Å². The zero-order valence-corrected chi connectivity index (χ0v) is 16.6. The van der Waals surface area contributed by atoms with Crippen molar-refractivity contribution in [1.29, 1.82) is 0 Å². The van der Waals surface area contributed by atoms with E-state index in [0.29, 0.717) is 28.1 Å². The fourth-order valence-corrected chi connectivity index (χ4v) is 3.98. The third-order valence-corrected chi connectivity index (χ3v) is 5.61. The molecule has 1 amide bonds. The lowest BCUT2D eigenvalue weighted by Crippen LogP contribution is -2.25. The van der Waals surface area contributed by atoms with Gasteiger partial charge in [-0.3, -0.25) is 4.79 Å². The largest absolute Gasteiger partial charge is 0.455 e. The summed E-state index contributed by atoms with van der Waals surface area (Å²) in [5, 5.41) is 11.4. The summed E-state index contributed by atoms with van der Waals surface area (Å²) < 4.78 is 18.7. The second kappa shape index (κ2) is 8.63. The Hall–Kier alpha value is -2.90. The molecule has 1 aromatic heterocycles. The fraction of sp³-hybridized carbons (Fsp3) is 0.0952. The van der Waals surface area contributed by atoms with Crippen molar-refractivity contribution in [3.63, 3.8) is 0 Å². The molecular weight excluding hydrogens is 413 g/mol. The molecule has 0 radical (unpaired) electrons. The number of benzene rings is 2. The number of amides is 1. The molecule has 1 N–H and O–H groups in total. The van der Waals surface area contributed by atoms with Crippen molar-refractivity contribution in [3.05, 3.63) is 82.8 Å². The highest BCUT2D eigenvalue weighted by molar-refractivity contribution is 8.15. The molecule has 146 valence electrons. The van der Waals surface area contributed by atoms with E-state index >= 15 is 0 Å². The molecular formula is C21H15ClFN3O2S. The van der Waals surface area contributed by atoms with Crippen LogP contribution in [0, 0.1) is 5.82 Å². The molecule has 4 rings (SSSR count). The zero-order valence-electron chi connectivity index (χ0n) is 15.0. The predicted molar refractivity (Wildman–Crippen MR) is 114 cm³/mol. The highest BCUT2D eigenvalue weighted by Crippen LogP contribution is 2.28. The Morgan fingerprint density at radius 1 is 1.14 bits per heavy atom. The van der Waals surface area contributed by atoms with Gasteiger partial charge in [-0.05, 0) is 48.4 Å². The highest BCUT2D eigenvalue weighted by Gasteiger charge is 2.30. The second-order valence-corrected chi connectivity index (χ2v) is 7.86. The Morgan fingerprint density at radius 3 is 2.72 bits per heavy atom. The summed E-state index contributed by atoms with van der Waals surface area (Å²) in [4.78, 5) is 12.1. The van der Waals surface area contributed by atoms with E-state index in [-0.39, 0.29) is 17.0 Å². The number of thioether (sulfide) groups is 1. The number of furan rings is 1. The van der Waals surface area contributed by atoms with Gasteiger partial charge >= 0.3 is 0 Å². The second-order valence-electron chi connectivity index (χ2n) is 6.26. The van der Waals surface area contributed by atoms with E-state index in [9.17, 15) is 9.18 Å². The lowest BCUT2D eigenvalue weighted by molar-refractivity contribution is -0.118. The van der Waals surface area contributed by atoms with Gasteiger partial charge in [0.2, 0.25) is 5.91 Å². The predicted octanol–water partition coefficient (Wildman–Crippen LogP) is 4.90. The van der Waals surface area contributed by atoms with Crippen molar-refractivity contribution in [2.45, 2.75) is 11.7 Å². The molecule has 1 fully saturated rings. The summed E-state index contributed by atoms with van der Waals surface area (Å²) >= 11 is 7.47. The topological polar surface area (TPSA) is 67.0 Å². The molecule has 3 aromatic rings. The standard InChI is InChI=1S/C21H15ClFN3O2S/c22-17-4-2-1-3-16(17)18-10-9-15(28-18)12-24-26-21-25-20(27)19(29-21)11-13-5-7-14(23)8-6-13/h1-10,12,19H,11H2,(H,25,26,27). The van der Waals surface area contributed by atoms with Crippen molar-refractivity contribution in [3.8, 4) is 11.3 Å². The molecule has 1 aliphatic rings. The van der Waals surface area contributed by atoms with Crippen molar-refractivity contribution in [2.75, 3.05) is 0 Å². The number of carbonyl (C=O) groups excluding carboxylic acids is 1. The molecule has 29 heavy (non-hydrogen) atoms. The first-order chi connectivity index (χ1) is 14.1. The molecule has 0 bridgehead atoms. The van der Waals surface area contributed by atoms with E-state index < -0.39 is 0 Å². The van der Waals surface area contributed by atoms with Crippen LogP contribution >= 0.6 is 23.4 Å². The van der Waals surface area contributed by atoms with Crippen LogP contribution in [-0.4, -0.2) is 22.5 Å². The van der Waals surface area contributed by atoms with Gasteiger partial charge in [0.05, 0.1) is 16.5 Å². The number of hydrogen-bond donors (Lipinski definition) is 1. The maximum absolute atomic E-state index is 13.0. The summed E-state index contributed by atoms with van der Waals surface area (Å²) in [7, 11) is 0. The highest BCUT2D eigenvalue weighted by atomic mass is 35.5. The number of rotatable bonds is 5. The number of amidine groups is 1. The lowest BCUT2D eigenvalue weighted by Gasteiger charge is -2.04. The van der Waals surface area contributed by atoms with Gasteiger partial charge in [-0.2, -0.15) is 5.10 Å². The average Bonchev–Trinajstić information content (AvgIpc) is 3.31. The SMILES string of the molecule is O=C1N/C(=N\N=Cc2ccc(-c3ccccc3Cl)o2)SC1Cc1ccc(F)cc1. The minimum absolute atomic E-state index is 0.146. The molecule has 1 aliphatic heterocycles. The van der Waals surface area contributed by atoms with Crippen molar-refractivity contribution < 1.29 is 13.6 Å². The van der Waals surface area contributed by atoms with Crippen LogP contribution in [-0.2, 0) is 11.2 Å². The first-order valence-electron chi connectivity index (χ1n) is 8.76. The van der Waals surface area contributed by atoms with Gasteiger partial charge in [-0.15, -0.1) is 5.10 Å². The first kappa shape index (κ1) is 19.4. The smallest absolute Gasteiger partial charge is 0.239 e. The van der Waals surface area contributed by atoms with Crippen molar-refractivity contribution in [2.24, 2.45) is 10.2 Å². The lowest BCUT2D eigenvalue weighted by atomic mass is 10.1. The maximum Gasteiger partial charge on any atom is 0.239 e. The van der Waals surface area contributed by atoms with Gasteiger partial charge in [-0.25, -0.2) is 4.39 Å². The van der Waals surface area contributed by atoms with Gasteiger partial charge in [0.15, 0.2) is 5.17 Å². The summed E-state index contributed by atoms with van der Waals surface area (Å²) in [6.45, 7) is 0. The average molecular weight is 428 g/mol. The van der Waals surface area contributed by atoms with E-state index in [2.05, 4.69) is 15.5 Å². The number of hydrogen-bond acceptors (Lipinski definition) is 5. The quantitative estimate of drug-likeness (QED) is 0.465. The Balaban J connectivity index is 1.39. The molecule has 2 heterocycles.